The van der Waals surface area contributed by atoms with Gasteiger partial charge in [-0.25, -0.2) is 18.3 Å². The second-order valence-corrected chi connectivity index (χ2v) is 8.42. The van der Waals surface area contributed by atoms with Gasteiger partial charge in [0.15, 0.2) is 0 Å². The molecule has 3 heterocycles. The molecular weight excluding hydrogens is 416 g/mol. The zero-order chi connectivity index (χ0) is 22.1. The summed E-state index contributed by atoms with van der Waals surface area (Å²) in [6.07, 6.45) is 7.13. The SMILES string of the molecule is O=C1OC2(CCC(CNc3ccn(-c4ccccc4F)n3)CC2)CN1c1cncc(F)c1. The molecule has 1 saturated carbocycles. The van der Waals surface area contributed by atoms with Crippen LogP contribution in [0.25, 0.3) is 5.69 Å². The van der Waals surface area contributed by atoms with Gasteiger partial charge in [-0.2, -0.15) is 5.10 Å². The lowest BCUT2D eigenvalue weighted by Gasteiger charge is -2.35. The quantitative estimate of drug-likeness (QED) is 0.632. The van der Waals surface area contributed by atoms with Gasteiger partial charge < -0.3 is 10.1 Å². The summed E-state index contributed by atoms with van der Waals surface area (Å²) in [6, 6.07) is 9.62. The van der Waals surface area contributed by atoms with Gasteiger partial charge in [0.05, 0.1) is 24.6 Å². The lowest BCUT2D eigenvalue weighted by molar-refractivity contribution is 0.0148. The van der Waals surface area contributed by atoms with Gasteiger partial charge in [-0.05, 0) is 43.7 Å². The molecular formula is C23H23F2N5O2. The number of nitrogens with one attached hydrogen (secondary N) is 1. The molecule has 32 heavy (non-hydrogen) atoms. The fourth-order valence-electron chi connectivity index (χ4n) is 4.48. The largest absolute Gasteiger partial charge is 0.441 e. The summed E-state index contributed by atoms with van der Waals surface area (Å²) in [4.78, 5) is 17.7. The fraction of sp³-hybridized carbons (Fsp3) is 0.348. The van der Waals surface area contributed by atoms with Crippen LogP contribution in [-0.4, -0.2) is 39.5 Å². The molecule has 0 bridgehead atoms. The van der Waals surface area contributed by atoms with E-state index < -0.39 is 17.5 Å². The Labute approximate surface area is 184 Å². The van der Waals surface area contributed by atoms with E-state index in [4.69, 9.17) is 4.74 Å². The Morgan fingerprint density at radius 1 is 1.16 bits per heavy atom. The zero-order valence-corrected chi connectivity index (χ0v) is 17.4. The van der Waals surface area contributed by atoms with E-state index in [1.807, 2.05) is 6.07 Å². The normalized spacial score (nSPS) is 22.9. The predicted octanol–water partition coefficient (Wildman–Crippen LogP) is 4.54. The van der Waals surface area contributed by atoms with Gasteiger partial charge in [0.25, 0.3) is 0 Å². The number of anilines is 2. The molecule has 1 spiro atoms. The van der Waals surface area contributed by atoms with Gasteiger partial charge in [0.1, 0.15) is 28.7 Å². The number of carbonyl (C=O) groups excluding carboxylic acids is 1. The predicted molar refractivity (Wildman–Crippen MR) is 115 cm³/mol. The van der Waals surface area contributed by atoms with Crippen LogP contribution in [0.2, 0.25) is 0 Å². The average molecular weight is 439 g/mol. The van der Waals surface area contributed by atoms with E-state index in [9.17, 15) is 13.6 Å². The highest BCUT2D eigenvalue weighted by atomic mass is 19.1. The van der Waals surface area contributed by atoms with Crippen molar-refractivity contribution in [2.75, 3.05) is 23.3 Å². The zero-order valence-electron chi connectivity index (χ0n) is 17.4. The van der Waals surface area contributed by atoms with Crippen LogP contribution in [0.5, 0.6) is 0 Å². The second kappa shape index (κ2) is 8.22. The molecule has 2 aromatic heterocycles. The third-order valence-electron chi connectivity index (χ3n) is 6.25. The van der Waals surface area contributed by atoms with E-state index >= 15 is 0 Å². The fourth-order valence-corrected chi connectivity index (χ4v) is 4.48. The molecule has 1 aliphatic heterocycles. The number of halogens is 2. The molecule has 2 aliphatic rings. The van der Waals surface area contributed by atoms with Crippen LogP contribution in [0.4, 0.5) is 25.1 Å². The van der Waals surface area contributed by atoms with Crippen molar-refractivity contribution < 1.29 is 18.3 Å². The Kier molecular flexibility index (Phi) is 5.24. The topological polar surface area (TPSA) is 72.3 Å². The van der Waals surface area contributed by atoms with Gasteiger partial charge in [-0.15, -0.1) is 0 Å². The van der Waals surface area contributed by atoms with Gasteiger partial charge in [-0.1, -0.05) is 12.1 Å². The minimum Gasteiger partial charge on any atom is -0.441 e. The number of amides is 1. The van der Waals surface area contributed by atoms with Crippen LogP contribution < -0.4 is 10.2 Å². The number of benzene rings is 1. The second-order valence-electron chi connectivity index (χ2n) is 8.42. The van der Waals surface area contributed by atoms with E-state index in [-0.39, 0.29) is 5.82 Å². The molecule has 2 fully saturated rings. The standard InChI is InChI=1S/C23H23F2N5O2/c24-17-11-18(14-26-13-17)29-15-23(32-22(29)31)8-5-16(6-9-23)12-27-21-7-10-30(28-21)20-4-2-1-3-19(20)25/h1-4,7,10-11,13-14,16H,5-6,8-9,12,15H2,(H,27,28). The number of carbonyl (C=O) groups is 1. The van der Waals surface area contributed by atoms with Gasteiger partial charge in [0.2, 0.25) is 0 Å². The van der Waals surface area contributed by atoms with E-state index in [0.717, 1.165) is 38.4 Å². The number of pyridine rings is 1. The summed E-state index contributed by atoms with van der Waals surface area (Å²) < 4.78 is 34.7. The number of para-hydroxylation sites is 1. The maximum absolute atomic E-state index is 13.9. The lowest BCUT2D eigenvalue weighted by atomic mass is 9.78. The van der Waals surface area contributed by atoms with E-state index in [1.165, 1.54) is 27.9 Å². The van der Waals surface area contributed by atoms with Gasteiger partial charge >= 0.3 is 6.09 Å². The summed E-state index contributed by atoms with van der Waals surface area (Å²) >= 11 is 0. The monoisotopic (exact) mass is 439 g/mol. The Hall–Kier alpha value is -3.49. The smallest absolute Gasteiger partial charge is 0.415 e. The van der Waals surface area contributed by atoms with Crippen molar-refractivity contribution in [1.29, 1.82) is 0 Å². The number of aromatic nitrogens is 3. The molecule has 1 aliphatic carbocycles. The Balaban J connectivity index is 1.16. The molecule has 1 amide bonds. The van der Waals surface area contributed by atoms with E-state index in [1.54, 1.807) is 24.4 Å². The van der Waals surface area contributed by atoms with Gasteiger partial charge in [0, 0.05) is 24.9 Å². The van der Waals surface area contributed by atoms with Gasteiger partial charge in [-0.3, -0.25) is 9.88 Å². The van der Waals surface area contributed by atoms with E-state index in [2.05, 4.69) is 15.4 Å². The molecule has 166 valence electrons. The molecule has 7 nitrogen and oxygen atoms in total. The molecule has 0 unspecified atom stereocenters. The molecule has 1 N–H and O–H groups in total. The first-order valence-electron chi connectivity index (χ1n) is 10.7. The van der Waals surface area contributed by atoms with Crippen molar-refractivity contribution in [1.82, 2.24) is 14.8 Å². The summed E-state index contributed by atoms with van der Waals surface area (Å²) in [7, 11) is 0. The number of hydrogen-bond acceptors (Lipinski definition) is 5. The molecule has 0 radical (unpaired) electrons. The first-order chi connectivity index (χ1) is 15.5. The van der Waals surface area contributed by atoms with Crippen LogP contribution in [0.3, 0.4) is 0 Å². The highest BCUT2D eigenvalue weighted by molar-refractivity contribution is 5.90. The lowest BCUT2D eigenvalue weighted by Crippen LogP contribution is -2.39. The molecule has 1 aromatic carbocycles. The first-order valence-corrected chi connectivity index (χ1v) is 10.7. The summed E-state index contributed by atoms with van der Waals surface area (Å²) in [6.45, 7) is 1.14. The van der Waals surface area contributed by atoms with Crippen LogP contribution in [-0.2, 0) is 4.74 Å². The van der Waals surface area contributed by atoms with Crippen LogP contribution >= 0.6 is 0 Å². The maximum Gasteiger partial charge on any atom is 0.415 e. The van der Waals surface area contributed by atoms with Crippen LogP contribution in [0.15, 0.2) is 55.0 Å². The number of ether oxygens (including phenoxy) is 1. The van der Waals surface area contributed by atoms with Crippen molar-refractivity contribution in [3.63, 3.8) is 0 Å². The maximum atomic E-state index is 13.9. The Morgan fingerprint density at radius 2 is 1.97 bits per heavy atom. The average Bonchev–Trinajstić information content (AvgIpc) is 3.38. The summed E-state index contributed by atoms with van der Waals surface area (Å²) in [5, 5.41) is 7.74. The van der Waals surface area contributed by atoms with Crippen molar-refractivity contribution in [2.24, 2.45) is 5.92 Å². The molecule has 0 atom stereocenters. The Morgan fingerprint density at radius 3 is 2.75 bits per heavy atom. The van der Waals surface area contributed by atoms with Crippen LogP contribution in [0.1, 0.15) is 25.7 Å². The Bertz CT molecular complexity index is 1130. The number of nitrogens with zero attached hydrogens (tertiary/aromatic N) is 4. The molecule has 9 heteroatoms. The van der Waals surface area contributed by atoms with Crippen molar-refractivity contribution in [3.8, 4) is 5.69 Å². The molecule has 5 rings (SSSR count). The summed E-state index contributed by atoms with van der Waals surface area (Å²) in [5.41, 5.74) is 0.286. The minimum absolute atomic E-state index is 0.325. The van der Waals surface area contributed by atoms with Crippen molar-refractivity contribution >= 4 is 17.6 Å². The third kappa shape index (κ3) is 4.02. The first kappa shape index (κ1) is 20.4. The minimum atomic E-state index is -0.535. The number of rotatable bonds is 5. The molecule has 1 saturated heterocycles. The highest BCUT2D eigenvalue weighted by Gasteiger charge is 2.47. The van der Waals surface area contributed by atoms with Crippen LogP contribution in [0, 0.1) is 17.6 Å². The highest BCUT2D eigenvalue weighted by Crippen LogP contribution is 2.40. The van der Waals surface area contributed by atoms with Crippen molar-refractivity contribution in [2.45, 2.75) is 31.3 Å². The third-order valence-corrected chi connectivity index (χ3v) is 6.25. The summed E-state index contributed by atoms with van der Waals surface area (Å²) in [5.74, 6) is 0.283. The van der Waals surface area contributed by atoms with Crippen molar-refractivity contribution in [3.05, 3.63) is 66.6 Å². The number of hydrogen-bond donors (Lipinski definition) is 1. The van der Waals surface area contributed by atoms with E-state index in [0.29, 0.717) is 29.7 Å². The molecule has 3 aromatic rings.